The molecular formula is C19H17N3O2S2. The van der Waals surface area contributed by atoms with Gasteiger partial charge < -0.3 is 9.47 Å². The van der Waals surface area contributed by atoms with E-state index in [4.69, 9.17) is 9.47 Å². The Bertz CT molecular complexity index is 930. The van der Waals surface area contributed by atoms with Crippen LogP contribution in [0.1, 0.15) is 6.04 Å². The van der Waals surface area contributed by atoms with Crippen LogP contribution in [-0.4, -0.2) is 39.5 Å². The first kappa shape index (κ1) is 16.1. The lowest BCUT2D eigenvalue weighted by Crippen LogP contribution is -2.15. The van der Waals surface area contributed by atoms with Crippen LogP contribution in [0.2, 0.25) is 0 Å². The molecule has 0 amide bonds. The normalized spacial score (nSPS) is 17.9. The summed E-state index contributed by atoms with van der Waals surface area (Å²) in [5.41, 5.74) is 1.11. The Morgan fingerprint density at radius 3 is 2.77 bits per heavy atom. The second-order valence-electron chi connectivity index (χ2n) is 6.12. The SMILES string of the molecule is c1ccc(-c2nnc3n2[C@H](CSc2ccc4c(c2)OCCO4)CS3)cc1. The second kappa shape index (κ2) is 6.89. The van der Waals surface area contributed by atoms with Crippen LogP contribution >= 0.6 is 23.5 Å². The lowest BCUT2D eigenvalue weighted by Gasteiger charge is -2.19. The Balaban J connectivity index is 1.35. The first-order valence-electron chi connectivity index (χ1n) is 8.54. The third-order valence-electron chi connectivity index (χ3n) is 4.42. The fraction of sp³-hybridized carbons (Fsp3) is 0.263. The molecule has 0 saturated heterocycles. The minimum atomic E-state index is 0.374. The quantitative estimate of drug-likeness (QED) is 0.631. The van der Waals surface area contributed by atoms with E-state index in [-0.39, 0.29) is 0 Å². The van der Waals surface area contributed by atoms with E-state index in [1.54, 1.807) is 11.8 Å². The van der Waals surface area contributed by atoms with Gasteiger partial charge in [-0.2, -0.15) is 0 Å². The van der Waals surface area contributed by atoms with Crippen LogP contribution in [0.4, 0.5) is 0 Å². The van der Waals surface area contributed by atoms with E-state index in [2.05, 4.69) is 39.0 Å². The molecule has 5 rings (SSSR count). The van der Waals surface area contributed by atoms with Gasteiger partial charge in [0.2, 0.25) is 0 Å². The summed E-state index contributed by atoms with van der Waals surface area (Å²) in [4.78, 5) is 1.20. The van der Waals surface area contributed by atoms with Gasteiger partial charge in [-0.05, 0) is 18.2 Å². The van der Waals surface area contributed by atoms with Crippen molar-refractivity contribution in [1.82, 2.24) is 14.8 Å². The van der Waals surface area contributed by atoms with Crippen LogP contribution in [0.5, 0.6) is 11.5 Å². The Morgan fingerprint density at radius 1 is 1.04 bits per heavy atom. The van der Waals surface area contributed by atoms with Crippen molar-refractivity contribution in [3.8, 4) is 22.9 Å². The molecule has 0 saturated carbocycles. The highest BCUT2D eigenvalue weighted by molar-refractivity contribution is 8.00. The maximum Gasteiger partial charge on any atom is 0.191 e. The van der Waals surface area contributed by atoms with Crippen LogP contribution in [0.3, 0.4) is 0 Å². The molecule has 0 unspecified atom stereocenters. The summed E-state index contributed by atoms with van der Waals surface area (Å²) < 4.78 is 13.6. The minimum Gasteiger partial charge on any atom is -0.486 e. The van der Waals surface area contributed by atoms with Gasteiger partial charge in [0, 0.05) is 22.0 Å². The van der Waals surface area contributed by atoms with Crippen molar-refractivity contribution < 1.29 is 9.47 Å². The van der Waals surface area contributed by atoms with Crippen LogP contribution in [0.15, 0.2) is 58.6 Å². The molecule has 3 heterocycles. The second-order valence-corrected chi connectivity index (χ2v) is 8.20. The van der Waals surface area contributed by atoms with Crippen molar-refractivity contribution >= 4 is 23.5 Å². The Kier molecular flexibility index (Phi) is 4.26. The van der Waals surface area contributed by atoms with E-state index < -0.39 is 0 Å². The van der Waals surface area contributed by atoms with E-state index in [1.165, 1.54) is 4.90 Å². The van der Waals surface area contributed by atoms with E-state index >= 15 is 0 Å². The molecular weight excluding hydrogens is 366 g/mol. The maximum absolute atomic E-state index is 5.69. The molecule has 1 atom stereocenters. The number of aromatic nitrogens is 3. The van der Waals surface area contributed by atoms with E-state index in [0.717, 1.165) is 39.5 Å². The lowest BCUT2D eigenvalue weighted by molar-refractivity contribution is 0.171. The average molecular weight is 383 g/mol. The summed E-state index contributed by atoms with van der Waals surface area (Å²) in [6.07, 6.45) is 0. The Labute approximate surface area is 160 Å². The molecule has 3 aromatic rings. The summed E-state index contributed by atoms with van der Waals surface area (Å²) in [5.74, 6) is 4.64. The van der Waals surface area contributed by atoms with Crippen molar-refractivity contribution in [2.75, 3.05) is 24.7 Å². The number of hydrogen-bond donors (Lipinski definition) is 0. The number of thioether (sulfide) groups is 2. The van der Waals surface area contributed by atoms with Crippen molar-refractivity contribution in [1.29, 1.82) is 0 Å². The molecule has 2 aliphatic rings. The van der Waals surface area contributed by atoms with Crippen molar-refractivity contribution in [3.63, 3.8) is 0 Å². The molecule has 5 nitrogen and oxygen atoms in total. The zero-order chi connectivity index (χ0) is 17.3. The maximum atomic E-state index is 5.69. The third kappa shape index (κ3) is 2.95. The first-order chi connectivity index (χ1) is 12.9. The summed E-state index contributed by atoms with van der Waals surface area (Å²) in [6, 6.07) is 16.8. The largest absolute Gasteiger partial charge is 0.486 e. The standard InChI is InChI=1S/C19H17N3O2S2/c1-2-4-13(5-3-1)18-20-21-19-22(18)14(12-26-19)11-25-15-6-7-16-17(10-15)24-9-8-23-16/h1-7,10,14H,8-9,11-12H2/t14-/m1/s1. The van der Waals surface area contributed by atoms with Gasteiger partial charge in [-0.25, -0.2) is 0 Å². The van der Waals surface area contributed by atoms with Crippen molar-refractivity contribution in [2.24, 2.45) is 0 Å². The molecule has 0 bridgehead atoms. The minimum absolute atomic E-state index is 0.374. The number of rotatable bonds is 4. The topological polar surface area (TPSA) is 49.2 Å². The summed E-state index contributed by atoms with van der Waals surface area (Å²) in [7, 11) is 0. The molecule has 7 heteroatoms. The highest BCUT2D eigenvalue weighted by Crippen LogP contribution is 2.40. The summed E-state index contributed by atoms with van der Waals surface area (Å²) >= 11 is 3.62. The molecule has 132 valence electrons. The lowest BCUT2D eigenvalue weighted by atomic mass is 10.2. The number of ether oxygens (including phenoxy) is 2. The van der Waals surface area contributed by atoms with Gasteiger partial charge in [0.05, 0.1) is 6.04 Å². The van der Waals surface area contributed by atoms with E-state index in [1.807, 2.05) is 36.0 Å². The van der Waals surface area contributed by atoms with Crippen LogP contribution < -0.4 is 9.47 Å². The fourth-order valence-electron chi connectivity index (χ4n) is 3.16. The highest BCUT2D eigenvalue weighted by Gasteiger charge is 2.28. The van der Waals surface area contributed by atoms with Crippen LogP contribution in [-0.2, 0) is 0 Å². The van der Waals surface area contributed by atoms with Crippen molar-refractivity contribution in [2.45, 2.75) is 16.1 Å². The molecule has 2 aromatic carbocycles. The van der Waals surface area contributed by atoms with Gasteiger partial charge in [-0.15, -0.1) is 22.0 Å². The molecule has 0 spiro atoms. The highest BCUT2D eigenvalue weighted by atomic mass is 32.2. The van der Waals surface area contributed by atoms with E-state index in [0.29, 0.717) is 19.3 Å². The zero-order valence-electron chi connectivity index (χ0n) is 14.0. The third-order valence-corrected chi connectivity index (χ3v) is 6.65. The predicted octanol–water partition coefficient (Wildman–Crippen LogP) is 4.16. The van der Waals surface area contributed by atoms with Gasteiger partial charge in [0.1, 0.15) is 13.2 Å². The summed E-state index contributed by atoms with van der Waals surface area (Å²) in [6.45, 7) is 1.24. The number of nitrogens with zero attached hydrogens (tertiary/aromatic N) is 3. The molecule has 26 heavy (non-hydrogen) atoms. The Hall–Kier alpha value is -2.12. The monoisotopic (exact) mass is 383 g/mol. The van der Waals surface area contributed by atoms with Crippen LogP contribution in [0, 0.1) is 0 Å². The van der Waals surface area contributed by atoms with Gasteiger partial charge in [-0.1, -0.05) is 42.1 Å². The fourth-order valence-corrected chi connectivity index (χ4v) is 5.40. The molecule has 0 aliphatic carbocycles. The first-order valence-corrected chi connectivity index (χ1v) is 10.5. The van der Waals surface area contributed by atoms with Gasteiger partial charge in [0.15, 0.2) is 22.5 Å². The molecule has 1 aromatic heterocycles. The van der Waals surface area contributed by atoms with Crippen molar-refractivity contribution in [3.05, 3.63) is 48.5 Å². The van der Waals surface area contributed by atoms with Gasteiger partial charge in [0.25, 0.3) is 0 Å². The van der Waals surface area contributed by atoms with Gasteiger partial charge in [-0.3, -0.25) is 4.57 Å². The number of hydrogen-bond acceptors (Lipinski definition) is 6. The number of benzene rings is 2. The molecule has 0 fully saturated rings. The average Bonchev–Trinajstić information content (AvgIpc) is 3.29. The molecule has 0 N–H and O–H groups in total. The van der Waals surface area contributed by atoms with Gasteiger partial charge >= 0.3 is 0 Å². The number of fused-ring (bicyclic) bond motifs is 2. The summed E-state index contributed by atoms with van der Waals surface area (Å²) in [5, 5.41) is 9.79. The smallest absolute Gasteiger partial charge is 0.191 e. The Morgan fingerprint density at radius 2 is 1.88 bits per heavy atom. The van der Waals surface area contributed by atoms with Crippen LogP contribution in [0.25, 0.3) is 11.4 Å². The van der Waals surface area contributed by atoms with E-state index in [9.17, 15) is 0 Å². The molecule has 2 aliphatic heterocycles. The molecule has 0 radical (unpaired) electrons. The predicted molar refractivity (Wildman–Crippen MR) is 103 cm³/mol. The zero-order valence-corrected chi connectivity index (χ0v) is 15.6.